The summed E-state index contributed by atoms with van der Waals surface area (Å²) in [7, 11) is 0. The van der Waals surface area contributed by atoms with Crippen LogP contribution in [0.2, 0.25) is 0 Å². The number of nitrogens with one attached hydrogen (secondary N) is 1. The zero-order chi connectivity index (χ0) is 12.3. The molecule has 1 aromatic rings. The third-order valence-electron chi connectivity index (χ3n) is 3.14. The first-order chi connectivity index (χ1) is 8.08. The number of nitrogens with zero attached hydrogens (tertiary/aromatic N) is 1. The quantitative estimate of drug-likeness (QED) is 0.821. The van der Waals surface area contributed by atoms with E-state index in [0.29, 0.717) is 13.0 Å². The highest BCUT2D eigenvalue weighted by molar-refractivity contribution is 5.22. The number of hydrogen-bond donors (Lipinski definition) is 2. The number of pyridine rings is 1. The summed E-state index contributed by atoms with van der Waals surface area (Å²) in [6, 6.07) is 2.19. The minimum Gasteiger partial charge on any atom is -0.385 e. The van der Waals surface area contributed by atoms with E-state index in [4.69, 9.17) is 4.74 Å². The van der Waals surface area contributed by atoms with Crippen LogP contribution in [0.3, 0.4) is 0 Å². The Morgan fingerprint density at radius 2 is 2.41 bits per heavy atom. The fraction of sp³-hybridized carbons (Fsp3) is 0.615. The Morgan fingerprint density at radius 3 is 3.06 bits per heavy atom. The van der Waals surface area contributed by atoms with Crippen molar-refractivity contribution in [1.29, 1.82) is 0 Å². The number of morpholine rings is 1. The highest BCUT2D eigenvalue weighted by Gasteiger charge is 2.28. The topological polar surface area (TPSA) is 54.4 Å². The molecule has 17 heavy (non-hydrogen) atoms. The van der Waals surface area contributed by atoms with E-state index in [1.807, 2.05) is 19.9 Å². The van der Waals surface area contributed by atoms with Crippen molar-refractivity contribution in [2.24, 2.45) is 0 Å². The molecule has 0 spiro atoms. The van der Waals surface area contributed by atoms with Gasteiger partial charge in [0.2, 0.25) is 0 Å². The van der Waals surface area contributed by atoms with Crippen molar-refractivity contribution in [3.63, 3.8) is 0 Å². The Kier molecular flexibility index (Phi) is 3.76. The first-order valence-corrected chi connectivity index (χ1v) is 6.03. The molecule has 2 unspecified atom stereocenters. The molecular weight excluding hydrogens is 216 g/mol. The van der Waals surface area contributed by atoms with E-state index < -0.39 is 5.60 Å². The fourth-order valence-corrected chi connectivity index (χ4v) is 2.20. The summed E-state index contributed by atoms with van der Waals surface area (Å²) in [5.74, 6) is 0. The monoisotopic (exact) mass is 236 g/mol. The van der Waals surface area contributed by atoms with Crippen molar-refractivity contribution in [3.05, 3.63) is 29.6 Å². The molecule has 1 aromatic heterocycles. The van der Waals surface area contributed by atoms with Crippen LogP contribution in [0.1, 0.15) is 24.5 Å². The second-order valence-electron chi connectivity index (χ2n) is 4.95. The number of hydrogen-bond acceptors (Lipinski definition) is 4. The summed E-state index contributed by atoms with van der Waals surface area (Å²) in [6.07, 6.45) is 4.16. The summed E-state index contributed by atoms with van der Waals surface area (Å²) in [5.41, 5.74) is 1.07. The SMILES string of the molecule is Cc1cncc(C(C)(O)CC2COCCN2)c1. The second kappa shape index (κ2) is 5.12. The number of aryl methyl sites for hydroxylation is 1. The normalized spacial score (nSPS) is 24.3. The van der Waals surface area contributed by atoms with Crippen molar-refractivity contribution in [2.45, 2.75) is 31.9 Å². The van der Waals surface area contributed by atoms with Crippen LogP contribution in [0.4, 0.5) is 0 Å². The Bertz CT molecular complexity index is 373. The molecule has 94 valence electrons. The maximum atomic E-state index is 10.5. The third kappa shape index (κ3) is 3.25. The maximum Gasteiger partial charge on any atom is 0.0899 e. The number of rotatable bonds is 3. The van der Waals surface area contributed by atoms with Gasteiger partial charge in [0.05, 0.1) is 18.8 Å². The van der Waals surface area contributed by atoms with Gasteiger partial charge in [-0.15, -0.1) is 0 Å². The van der Waals surface area contributed by atoms with Crippen LogP contribution in [0.5, 0.6) is 0 Å². The molecule has 2 atom stereocenters. The predicted molar refractivity (Wildman–Crippen MR) is 65.8 cm³/mol. The molecule has 0 amide bonds. The molecule has 1 aliphatic heterocycles. The largest absolute Gasteiger partial charge is 0.385 e. The molecule has 0 saturated carbocycles. The maximum absolute atomic E-state index is 10.5. The highest BCUT2D eigenvalue weighted by atomic mass is 16.5. The lowest BCUT2D eigenvalue weighted by Crippen LogP contribution is -2.45. The first-order valence-electron chi connectivity index (χ1n) is 6.03. The number of aromatic nitrogens is 1. The molecule has 2 N–H and O–H groups in total. The Balaban J connectivity index is 2.06. The van der Waals surface area contributed by atoms with Crippen LogP contribution in [-0.4, -0.2) is 35.9 Å². The van der Waals surface area contributed by atoms with Crippen molar-refractivity contribution >= 4 is 0 Å². The Labute approximate surface area is 102 Å². The first kappa shape index (κ1) is 12.5. The minimum atomic E-state index is -0.864. The molecule has 4 nitrogen and oxygen atoms in total. The fourth-order valence-electron chi connectivity index (χ4n) is 2.20. The standard InChI is InChI=1S/C13H20N2O2/c1-10-5-11(8-14-7-10)13(2,16)6-12-9-17-4-3-15-12/h5,7-8,12,15-16H,3-4,6,9H2,1-2H3. The van der Waals surface area contributed by atoms with Crippen molar-refractivity contribution in [3.8, 4) is 0 Å². The highest BCUT2D eigenvalue weighted by Crippen LogP contribution is 2.26. The molecular formula is C13H20N2O2. The van der Waals surface area contributed by atoms with Gasteiger partial charge >= 0.3 is 0 Å². The van der Waals surface area contributed by atoms with Gasteiger partial charge in [0.15, 0.2) is 0 Å². The van der Waals surface area contributed by atoms with E-state index in [9.17, 15) is 5.11 Å². The zero-order valence-electron chi connectivity index (χ0n) is 10.4. The van der Waals surface area contributed by atoms with E-state index in [1.165, 1.54) is 0 Å². The zero-order valence-corrected chi connectivity index (χ0v) is 10.4. The molecule has 0 radical (unpaired) electrons. The van der Waals surface area contributed by atoms with Gasteiger partial charge in [0.25, 0.3) is 0 Å². The summed E-state index contributed by atoms with van der Waals surface area (Å²) in [6.45, 7) is 6.08. The van der Waals surface area contributed by atoms with Gasteiger partial charge in [-0.25, -0.2) is 0 Å². The molecule has 2 heterocycles. The summed E-state index contributed by atoms with van der Waals surface area (Å²) in [5, 5.41) is 13.9. The molecule has 0 aromatic carbocycles. The summed E-state index contributed by atoms with van der Waals surface area (Å²) >= 11 is 0. The van der Waals surface area contributed by atoms with Gasteiger partial charge in [-0.05, 0) is 25.8 Å². The van der Waals surface area contributed by atoms with Gasteiger partial charge in [0, 0.05) is 30.5 Å². The van der Waals surface area contributed by atoms with Crippen molar-refractivity contribution in [1.82, 2.24) is 10.3 Å². The van der Waals surface area contributed by atoms with E-state index in [2.05, 4.69) is 10.3 Å². The second-order valence-corrected chi connectivity index (χ2v) is 4.95. The molecule has 1 aliphatic rings. The van der Waals surface area contributed by atoms with Crippen LogP contribution < -0.4 is 5.32 Å². The van der Waals surface area contributed by atoms with Gasteiger partial charge in [0.1, 0.15) is 0 Å². The molecule has 1 fully saturated rings. The third-order valence-corrected chi connectivity index (χ3v) is 3.14. The molecule has 4 heteroatoms. The lowest BCUT2D eigenvalue weighted by molar-refractivity contribution is 0.00299. The van der Waals surface area contributed by atoms with Gasteiger partial charge in [-0.3, -0.25) is 4.98 Å². The van der Waals surface area contributed by atoms with Crippen LogP contribution >= 0.6 is 0 Å². The molecule has 1 saturated heterocycles. The number of ether oxygens (including phenoxy) is 1. The average Bonchev–Trinajstić information content (AvgIpc) is 2.30. The van der Waals surface area contributed by atoms with E-state index in [-0.39, 0.29) is 6.04 Å². The minimum absolute atomic E-state index is 0.208. The molecule has 2 rings (SSSR count). The predicted octanol–water partition coefficient (Wildman–Crippen LogP) is 0.976. The van der Waals surface area contributed by atoms with Crippen LogP contribution in [0.15, 0.2) is 18.5 Å². The summed E-state index contributed by atoms with van der Waals surface area (Å²) in [4.78, 5) is 4.13. The van der Waals surface area contributed by atoms with Crippen LogP contribution in [0.25, 0.3) is 0 Å². The smallest absolute Gasteiger partial charge is 0.0899 e. The Hall–Kier alpha value is -0.970. The van der Waals surface area contributed by atoms with Crippen molar-refractivity contribution in [2.75, 3.05) is 19.8 Å². The molecule has 0 aliphatic carbocycles. The van der Waals surface area contributed by atoms with Crippen LogP contribution in [-0.2, 0) is 10.3 Å². The van der Waals surface area contributed by atoms with Gasteiger partial charge in [-0.1, -0.05) is 6.07 Å². The summed E-state index contributed by atoms with van der Waals surface area (Å²) < 4.78 is 5.40. The lowest BCUT2D eigenvalue weighted by atomic mass is 9.89. The molecule has 0 bridgehead atoms. The average molecular weight is 236 g/mol. The number of aliphatic hydroxyl groups is 1. The van der Waals surface area contributed by atoms with Gasteiger partial charge in [-0.2, -0.15) is 0 Å². The van der Waals surface area contributed by atoms with Crippen molar-refractivity contribution < 1.29 is 9.84 Å². The van der Waals surface area contributed by atoms with E-state index in [1.54, 1.807) is 12.4 Å². The van der Waals surface area contributed by atoms with E-state index >= 15 is 0 Å². The lowest BCUT2D eigenvalue weighted by Gasteiger charge is -2.31. The van der Waals surface area contributed by atoms with Gasteiger partial charge < -0.3 is 15.2 Å². The van der Waals surface area contributed by atoms with Crippen LogP contribution in [0, 0.1) is 6.92 Å². The van der Waals surface area contributed by atoms with E-state index in [0.717, 1.165) is 24.3 Å². The Morgan fingerprint density at radius 1 is 1.59 bits per heavy atom.